The first-order valence-electron chi connectivity index (χ1n) is 5.69. The van der Waals surface area contributed by atoms with Crippen molar-refractivity contribution < 1.29 is 8.94 Å². The lowest BCUT2D eigenvalue weighted by Gasteiger charge is -2.02. The van der Waals surface area contributed by atoms with E-state index >= 15 is 0 Å². The van der Waals surface area contributed by atoms with Gasteiger partial charge in [-0.05, 0) is 17.3 Å². The molecule has 0 N–H and O–H groups in total. The summed E-state index contributed by atoms with van der Waals surface area (Å²) in [6, 6.07) is 8.95. The summed E-state index contributed by atoms with van der Waals surface area (Å²) in [7, 11) is 3.58. The van der Waals surface area contributed by atoms with Gasteiger partial charge in [0.05, 0.1) is 0 Å². The molecule has 19 heavy (non-hydrogen) atoms. The Labute approximate surface area is 108 Å². The Kier molecular flexibility index (Phi) is 2.56. The van der Waals surface area contributed by atoms with Gasteiger partial charge in [-0.3, -0.25) is 0 Å². The van der Waals surface area contributed by atoms with Crippen LogP contribution in [0, 0.1) is 0 Å². The molecule has 0 saturated carbocycles. The Bertz CT molecular complexity index is 789. The molecule has 0 fully saturated rings. The summed E-state index contributed by atoms with van der Waals surface area (Å²) < 4.78 is 10.3. The Balaban J connectivity index is 2.18. The third-order valence-corrected chi connectivity index (χ3v) is 2.69. The van der Waals surface area contributed by atoms with Crippen LogP contribution in [0.1, 0.15) is 0 Å². The molecular weight excluding hydrogens is 246 g/mol. The Morgan fingerprint density at radius 1 is 1.21 bits per heavy atom. The average molecular weight is 257 g/mol. The highest BCUT2D eigenvalue weighted by molar-refractivity contribution is 5.80. The van der Waals surface area contributed by atoms with Crippen LogP contribution in [0.5, 0.6) is 0 Å². The van der Waals surface area contributed by atoms with Crippen molar-refractivity contribution in [3.63, 3.8) is 0 Å². The van der Waals surface area contributed by atoms with Gasteiger partial charge in [0.25, 0.3) is 11.8 Å². The number of rotatable bonds is 2. The quantitative estimate of drug-likeness (QED) is 0.653. The van der Waals surface area contributed by atoms with Gasteiger partial charge in [0, 0.05) is 19.5 Å². The number of hydrogen-bond acceptors (Lipinski definition) is 6. The molecule has 0 amide bonds. The first kappa shape index (κ1) is 11.5. The lowest BCUT2D eigenvalue weighted by atomic mass is 10.2. The zero-order valence-corrected chi connectivity index (χ0v) is 10.5. The van der Waals surface area contributed by atoms with Crippen molar-refractivity contribution in [1.82, 2.24) is 10.1 Å². The maximum absolute atomic E-state index is 11.9. The van der Waals surface area contributed by atoms with Crippen LogP contribution >= 0.6 is 0 Å². The van der Waals surface area contributed by atoms with Gasteiger partial charge in [-0.1, -0.05) is 18.2 Å². The molecule has 2 aromatic heterocycles. The standard InChI is InChI=1S/C13H11N3O3/c1-16(2)13-14-11(19-15-13)9-7-8-5-3-4-6-10(8)18-12(9)17/h3-7H,1-2H3. The molecule has 0 aliphatic heterocycles. The fourth-order valence-corrected chi connectivity index (χ4v) is 1.72. The van der Waals surface area contributed by atoms with Gasteiger partial charge in [-0.25, -0.2) is 4.79 Å². The number of para-hydroxylation sites is 1. The van der Waals surface area contributed by atoms with Crippen molar-refractivity contribution in [3.8, 4) is 11.5 Å². The first-order valence-corrected chi connectivity index (χ1v) is 5.69. The van der Waals surface area contributed by atoms with Crippen LogP contribution in [-0.2, 0) is 0 Å². The molecule has 0 aliphatic carbocycles. The minimum absolute atomic E-state index is 0.156. The lowest BCUT2D eigenvalue weighted by Crippen LogP contribution is -2.10. The second-order valence-corrected chi connectivity index (χ2v) is 4.28. The molecule has 1 aromatic carbocycles. The molecule has 0 unspecified atom stereocenters. The number of fused-ring (bicyclic) bond motifs is 1. The zero-order chi connectivity index (χ0) is 13.4. The van der Waals surface area contributed by atoms with E-state index in [4.69, 9.17) is 8.94 Å². The Morgan fingerprint density at radius 3 is 2.74 bits per heavy atom. The van der Waals surface area contributed by atoms with E-state index in [1.165, 1.54) is 0 Å². The topological polar surface area (TPSA) is 72.4 Å². The number of benzene rings is 1. The average Bonchev–Trinajstić information content (AvgIpc) is 2.87. The van der Waals surface area contributed by atoms with Crippen LogP contribution in [0.2, 0.25) is 0 Å². The van der Waals surface area contributed by atoms with Gasteiger partial charge in [0.2, 0.25) is 0 Å². The minimum Gasteiger partial charge on any atom is -0.422 e. The van der Waals surface area contributed by atoms with Crippen molar-refractivity contribution in [2.24, 2.45) is 0 Å². The Hall–Kier alpha value is -2.63. The van der Waals surface area contributed by atoms with Gasteiger partial charge in [-0.15, -0.1) is 0 Å². The van der Waals surface area contributed by atoms with Crippen LogP contribution in [0.15, 0.2) is 44.1 Å². The van der Waals surface area contributed by atoms with Crippen LogP contribution in [0.4, 0.5) is 5.95 Å². The molecule has 3 aromatic rings. The molecule has 0 radical (unpaired) electrons. The largest absolute Gasteiger partial charge is 0.422 e. The normalized spacial score (nSPS) is 10.8. The van der Waals surface area contributed by atoms with Crippen molar-refractivity contribution in [1.29, 1.82) is 0 Å². The van der Waals surface area contributed by atoms with Crippen LogP contribution in [-0.4, -0.2) is 24.2 Å². The molecule has 0 bridgehead atoms. The lowest BCUT2D eigenvalue weighted by molar-refractivity contribution is 0.428. The monoisotopic (exact) mass is 257 g/mol. The van der Waals surface area contributed by atoms with Gasteiger partial charge >= 0.3 is 5.63 Å². The number of anilines is 1. The highest BCUT2D eigenvalue weighted by atomic mass is 16.5. The molecule has 6 heteroatoms. The summed E-state index contributed by atoms with van der Waals surface area (Å²) in [5.74, 6) is 0.561. The smallest absolute Gasteiger partial charge is 0.349 e. The molecular formula is C13H11N3O3. The maximum atomic E-state index is 11.9. The van der Waals surface area contributed by atoms with E-state index in [9.17, 15) is 4.79 Å². The molecule has 0 atom stereocenters. The Morgan fingerprint density at radius 2 is 2.00 bits per heavy atom. The summed E-state index contributed by atoms with van der Waals surface area (Å²) >= 11 is 0. The van der Waals surface area contributed by atoms with E-state index < -0.39 is 5.63 Å². The minimum atomic E-state index is -0.493. The molecule has 3 rings (SSSR count). The van der Waals surface area contributed by atoms with Crippen LogP contribution in [0.25, 0.3) is 22.4 Å². The maximum Gasteiger partial charge on any atom is 0.349 e. The molecule has 0 aliphatic rings. The number of nitrogens with zero attached hydrogens (tertiary/aromatic N) is 3. The molecule has 96 valence electrons. The predicted molar refractivity (Wildman–Crippen MR) is 70.1 cm³/mol. The van der Waals surface area contributed by atoms with Crippen LogP contribution < -0.4 is 10.5 Å². The SMILES string of the molecule is CN(C)c1noc(-c2cc3ccccc3oc2=O)n1. The number of hydrogen-bond donors (Lipinski definition) is 0. The number of aromatic nitrogens is 2. The van der Waals surface area contributed by atoms with Crippen molar-refractivity contribution in [2.75, 3.05) is 19.0 Å². The fraction of sp³-hybridized carbons (Fsp3) is 0.154. The van der Waals surface area contributed by atoms with E-state index in [-0.39, 0.29) is 11.5 Å². The van der Waals surface area contributed by atoms with Gasteiger partial charge in [0.15, 0.2) is 0 Å². The van der Waals surface area contributed by atoms with E-state index in [0.29, 0.717) is 11.5 Å². The fourth-order valence-electron chi connectivity index (χ4n) is 1.72. The predicted octanol–water partition coefficient (Wildman–Crippen LogP) is 1.91. The van der Waals surface area contributed by atoms with Crippen molar-refractivity contribution >= 4 is 16.9 Å². The molecule has 0 saturated heterocycles. The van der Waals surface area contributed by atoms with E-state index in [1.54, 1.807) is 31.1 Å². The van der Waals surface area contributed by atoms with Gasteiger partial charge in [-0.2, -0.15) is 4.98 Å². The second-order valence-electron chi connectivity index (χ2n) is 4.28. The van der Waals surface area contributed by atoms with E-state index in [2.05, 4.69) is 10.1 Å². The molecule has 6 nitrogen and oxygen atoms in total. The van der Waals surface area contributed by atoms with Crippen LogP contribution in [0.3, 0.4) is 0 Å². The zero-order valence-electron chi connectivity index (χ0n) is 10.5. The summed E-state index contributed by atoms with van der Waals surface area (Å²) in [5.41, 5.74) is 0.301. The second kappa shape index (κ2) is 4.24. The highest BCUT2D eigenvalue weighted by Crippen LogP contribution is 2.20. The summed E-state index contributed by atoms with van der Waals surface area (Å²) in [5, 5.41) is 4.58. The summed E-state index contributed by atoms with van der Waals surface area (Å²) in [6.45, 7) is 0. The van der Waals surface area contributed by atoms with E-state index in [0.717, 1.165) is 5.39 Å². The first-order chi connectivity index (χ1) is 9.15. The summed E-state index contributed by atoms with van der Waals surface area (Å²) in [4.78, 5) is 17.7. The van der Waals surface area contributed by atoms with Crippen molar-refractivity contribution in [2.45, 2.75) is 0 Å². The van der Waals surface area contributed by atoms with E-state index in [1.807, 2.05) is 18.2 Å². The summed E-state index contributed by atoms with van der Waals surface area (Å²) in [6.07, 6.45) is 0. The van der Waals surface area contributed by atoms with Crippen molar-refractivity contribution in [3.05, 3.63) is 40.8 Å². The third kappa shape index (κ3) is 1.97. The molecule has 2 heterocycles. The molecule has 0 spiro atoms. The third-order valence-electron chi connectivity index (χ3n) is 2.69. The van der Waals surface area contributed by atoms with Gasteiger partial charge in [0.1, 0.15) is 11.1 Å². The van der Waals surface area contributed by atoms with Gasteiger partial charge < -0.3 is 13.8 Å². The highest BCUT2D eigenvalue weighted by Gasteiger charge is 2.15.